The predicted molar refractivity (Wildman–Crippen MR) is 107 cm³/mol. The summed E-state index contributed by atoms with van der Waals surface area (Å²) in [5.41, 5.74) is 1.83. The number of amides is 1. The van der Waals surface area contributed by atoms with Crippen molar-refractivity contribution in [1.29, 1.82) is 0 Å². The number of carbonyl (C=O) groups excluding carboxylic acids is 2. The standard InChI is InChI=1S/C22H22FN3O2/c23-18-5-7-19(8-6-18)24-13-15-25(16-14-24)21(27)9-10-22(28)26-12-11-17-3-1-2-4-20(17)26/h1-8,11-12H,9-10,13-16H2. The van der Waals surface area contributed by atoms with Crippen molar-refractivity contribution in [2.45, 2.75) is 12.8 Å². The van der Waals surface area contributed by atoms with Crippen molar-refractivity contribution in [3.8, 4) is 0 Å². The molecular formula is C22H22FN3O2. The fourth-order valence-corrected chi connectivity index (χ4v) is 3.66. The van der Waals surface area contributed by atoms with Gasteiger partial charge in [-0.2, -0.15) is 0 Å². The molecule has 1 aromatic heterocycles. The van der Waals surface area contributed by atoms with Crippen LogP contribution in [0.5, 0.6) is 0 Å². The molecule has 1 fully saturated rings. The van der Waals surface area contributed by atoms with Gasteiger partial charge >= 0.3 is 0 Å². The minimum Gasteiger partial charge on any atom is -0.368 e. The van der Waals surface area contributed by atoms with Crippen molar-refractivity contribution in [2.75, 3.05) is 31.1 Å². The van der Waals surface area contributed by atoms with E-state index < -0.39 is 0 Å². The van der Waals surface area contributed by atoms with Gasteiger partial charge in [-0.3, -0.25) is 14.2 Å². The van der Waals surface area contributed by atoms with E-state index >= 15 is 0 Å². The van der Waals surface area contributed by atoms with Gasteiger partial charge in [0.15, 0.2) is 0 Å². The van der Waals surface area contributed by atoms with Crippen molar-refractivity contribution < 1.29 is 14.0 Å². The molecule has 0 atom stereocenters. The van der Waals surface area contributed by atoms with Crippen molar-refractivity contribution in [3.05, 3.63) is 66.6 Å². The van der Waals surface area contributed by atoms with Crippen molar-refractivity contribution in [1.82, 2.24) is 9.47 Å². The van der Waals surface area contributed by atoms with Gasteiger partial charge < -0.3 is 9.80 Å². The Labute approximate surface area is 163 Å². The third kappa shape index (κ3) is 3.76. The van der Waals surface area contributed by atoms with Gasteiger partial charge in [0.1, 0.15) is 5.82 Å². The molecule has 0 aliphatic carbocycles. The second-order valence-corrected chi connectivity index (χ2v) is 6.98. The molecule has 1 saturated heterocycles. The molecule has 6 heteroatoms. The number of aromatic nitrogens is 1. The van der Waals surface area contributed by atoms with Crippen LogP contribution in [0.25, 0.3) is 10.9 Å². The summed E-state index contributed by atoms with van der Waals surface area (Å²) in [7, 11) is 0. The van der Waals surface area contributed by atoms with Crippen LogP contribution in [0.3, 0.4) is 0 Å². The maximum Gasteiger partial charge on any atom is 0.231 e. The quantitative estimate of drug-likeness (QED) is 0.696. The van der Waals surface area contributed by atoms with Crippen LogP contribution in [0.1, 0.15) is 17.6 Å². The Kier molecular flexibility index (Phi) is 5.10. The molecule has 1 aliphatic heterocycles. The Bertz CT molecular complexity index is 988. The van der Waals surface area contributed by atoms with Crippen LogP contribution in [0.4, 0.5) is 10.1 Å². The number of para-hydroxylation sites is 1. The minimum absolute atomic E-state index is 0.00330. The molecule has 4 rings (SSSR count). The van der Waals surface area contributed by atoms with Crippen LogP contribution in [0.15, 0.2) is 60.8 Å². The smallest absolute Gasteiger partial charge is 0.231 e. The van der Waals surface area contributed by atoms with E-state index in [9.17, 15) is 14.0 Å². The predicted octanol–water partition coefficient (Wildman–Crippen LogP) is 3.55. The summed E-state index contributed by atoms with van der Waals surface area (Å²) in [5.74, 6) is -0.319. The van der Waals surface area contributed by atoms with Gasteiger partial charge in [-0.15, -0.1) is 0 Å². The molecule has 2 aromatic carbocycles. The summed E-state index contributed by atoms with van der Waals surface area (Å²) < 4.78 is 14.7. The third-order valence-electron chi connectivity index (χ3n) is 5.25. The lowest BCUT2D eigenvalue weighted by atomic mass is 10.2. The summed E-state index contributed by atoms with van der Waals surface area (Å²) in [6, 6.07) is 16.0. The molecule has 5 nitrogen and oxygen atoms in total. The number of hydrogen-bond acceptors (Lipinski definition) is 3. The van der Waals surface area contributed by atoms with E-state index in [4.69, 9.17) is 0 Å². The molecule has 1 aliphatic rings. The molecule has 0 bridgehead atoms. The number of benzene rings is 2. The monoisotopic (exact) mass is 379 g/mol. The van der Waals surface area contributed by atoms with Gasteiger partial charge in [0.05, 0.1) is 5.52 Å². The molecule has 0 saturated carbocycles. The van der Waals surface area contributed by atoms with E-state index in [0.717, 1.165) is 16.6 Å². The zero-order chi connectivity index (χ0) is 19.5. The van der Waals surface area contributed by atoms with Crippen molar-refractivity contribution in [2.24, 2.45) is 0 Å². The Balaban J connectivity index is 1.30. The van der Waals surface area contributed by atoms with E-state index in [1.54, 1.807) is 27.8 Å². The molecule has 0 unspecified atom stereocenters. The Hall–Kier alpha value is -3.15. The second kappa shape index (κ2) is 7.84. The van der Waals surface area contributed by atoms with E-state index in [-0.39, 0.29) is 30.5 Å². The van der Waals surface area contributed by atoms with Gasteiger partial charge in [0, 0.05) is 56.3 Å². The highest BCUT2D eigenvalue weighted by Crippen LogP contribution is 2.18. The van der Waals surface area contributed by atoms with Gasteiger partial charge in [-0.25, -0.2) is 4.39 Å². The van der Waals surface area contributed by atoms with Gasteiger partial charge in [0.25, 0.3) is 0 Å². The maximum atomic E-state index is 13.1. The number of nitrogens with zero attached hydrogens (tertiary/aromatic N) is 3. The van der Waals surface area contributed by atoms with Crippen LogP contribution in [0.2, 0.25) is 0 Å². The summed E-state index contributed by atoms with van der Waals surface area (Å²) in [6.45, 7) is 2.62. The van der Waals surface area contributed by atoms with Crippen LogP contribution >= 0.6 is 0 Å². The summed E-state index contributed by atoms with van der Waals surface area (Å²) in [5, 5.41) is 1.01. The molecule has 0 spiro atoms. The van der Waals surface area contributed by atoms with Crippen molar-refractivity contribution in [3.63, 3.8) is 0 Å². The fraction of sp³-hybridized carbons (Fsp3) is 0.273. The largest absolute Gasteiger partial charge is 0.368 e. The number of halogens is 1. The lowest BCUT2D eigenvalue weighted by Gasteiger charge is -2.36. The highest BCUT2D eigenvalue weighted by atomic mass is 19.1. The first-order chi connectivity index (χ1) is 13.6. The average Bonchev–Trinajstić information content (AvgIpc) is 3.17. The van der Waals surface area contributed by atoms with Gasteiger partial charge in [-0.05, 0) is 36.4 Å². The van der Waals surface area contributed by atoms with E-state index in [2.05, 4.69) is 4.90 Å². The lowest BCUT2D eigenvalue weighted by molar-refractivity contribution is -0.131. The number of piperazine rings is 1. The molecule has 0 radical (unpaired) electrons. The second-order valence-electron chi connectivity index (χ2n) is 6.98. The number of hydrogen-bond donors (Lipinski definition) is 0. The molecule has 144 valence electrons. The third-order valence-corrected chi connectivity index (χ3v) is 5.25. The molecule has 0 N–H and O–H groups in total. The summed E-state index contributed by atoms with van der Waals surface area (Å²) >= 11 is 0. The number of anilines is 1. The van der Waals surface area contributed by atoms with Crippen LogP contribution in [0, 0.1) is 5.82 Å². The SMILES string of the molecule is O=C(CCC(=O)n1ccc2ccccc21)N1CCN(c2ccc(F)cc2)CC1. The Morgan fingerprint density at radius 1 is 0.821 bits per heavy atom. The topological polar surface area (TPSA) is 45.6 Å². The summed E-state index contributed by atoms with van der Waals surface area (Å²) in [4.78, 5) is 29.0. The molecule has 1 amide bonds. The molecule has 3 aromatic rings. The van der Waals surface area contributed by atoms with E-state index in [0.29, 0.717) is 26.2 Å². The zero-order valence-electron chi connectivity index (χ0n) is 15.6. The average molecular weight is 379 g/mol. The van der Waals surface area contributed by atoms with E-state index in [1.165, 1.54) is 12.1 Å². The molecular weight excluding hydrogens is 357 g/mol. The highest BCUT2D eigenvalue weighted by molar-refractivity contribution is 5.94. The Morgan fingerprint density at radius 2 is 1.50 bits per heavy atom. The molecule has 28 heavy (non-hydrogen) atoms. The molecule has 2 heterocycles. The first-order valence-electron chi connectivity index (χ1n) is 9.49. The number of rotatable bonds is 4. The first kappa shape index (κ1) is 18.2. The lowest BCUT2D eigenvalue weighted by Crippen LogP contribution is -2.48. The maximum absolute atomic E-state index is 13.1. The zero-order valence-corrected chi connectivity index (χ0v) is 15.6. The van der Waals surface area contributed by atoms with Crippen LogP contribution < -0.4 is 4.90 Å². The van der Waals surface area contributed by atoms with Gasteiger partial charge in [-0.1, -0.05) is 18.2 Å². The summed E-state index contributed by atoms with van der Waals surface area (Å²) in [6.07, 6.45) is 2.16. The van der Waals surface area contributed by atoms with E-state index in [1.807, 2.05) is 30.3 Å². The first-order valence-corrected chi connectivity index (χ1v) is 9.49. The normalized spacial score (nSPS) is 14.5. The van der Waals surface area contributed by atoms with Gasteiger partial charge in [0.2, 0.25) is 11.8 Å². The van der Waals surface area contributed by atoms with Crippen LogP contribution in [-0.4, -0.2) is 47.5 Å². The number of fused-ring (bicyclic) bond motifs is 1. The Morgan fingerprint density at radius 3 is 2.25 bits per heavy atom. The fourth-order valence-electron chi connectivity index (χ4n) is 3.66. The van der Waals surface area contributed by atoms with Crippen molar-refractivity contribution >= 4 is 28.4 Å². The van der Waals surface area contributed by atoms with Crippen LogP contribution in [-0.2, 0) is 4.79 Å². The number of carbonyl (C=O) groups is 2. The highest BCUT2D eigenvalue weighted by Gasteiger charge is 2.22. The minimum atomic E-state index is -0.252.